The molecule has 4 aromatic carbocycles. The van der Waals surface area contributed by atoms with Gasteiger partial charge < -0.3 is 18.9 Å². The largest absolute Gasteiger partial charge is 0.491 e. The molecule has 0 fully saturated rings. The summed E-state index contributed by atoms with van der Waals surface area (Å²) in [7, 11) is 1.52. The molecule has 0 radical (unpaired) electrons. The Labute approximate surface area is 242 Å². The zero-order chi connectivity index (χ0) is 28.4. The van der Waals surface area contributed by atoms with Crippen LogP contribution >= 0.6 is 0 Å². The van der Waals surface area contributed by atoms with Gasteiger partial charge >= 0.3 is 5.97 Å². The minimum atomic E-state index is -0.621. The molecule has 1 aliphatic carbocycles. The summed E-state index contributed by atoms with van der Waals surface area (Å²) < 4.78 is 22.9. The summed E-state index contributed by atoms with van der Waals surface area (Å²) >= 11 is 0. The lowest BCUT2D eigenvalue weighted by atomic mass is 9.94. The van der Waals surface area contributed by atoms with Gasteiger partial charge in [0.15, 0.2) is 6.10 Å². The normalized spacial score (nSPS) is 14.4. The second-order valence-corrected chi connectivity index (χ2v) is 10.0. The Hall–Kier alpha value is -4.19. The standard InChI is InChI=1S/C36H36O5/c1-3-39-36(37)34(38-2)25-27-13-18-31(19-14-27)40-21-22-41-35-32-12-8-7-11-29(32)16-17-30-24-28(15-20-33(30)35)23-26-9-5-4-6-10-26/h4-20,24,34-35H,3,21-23,25H2,1-2H3. The molecule has 2 unspecified atom stereocenters. The summed E-state index contributed by atoms with van der Waals surface area (Å²) in [5.41, 5.74) is 8.18. The summed E-state index contributed by atoms with van der Waals surface area (Å²) in [5, 5.41) is 0. The predicted octanol–water partition coefficient (Wildman–Crippen LogP) is 7.07. The Morgan fingerprint density at radius 3 is 2.24 bits per heavy atom. The van der Waals surface area contributed by atoms with Crippen molar-refractivity contribution in [3.8, 4) is 5.75 Å². The molecule has 0 heterocycles. The molecule has 210 valence electrons. The van der Waals surface area contributed by atoms with Crippen molar-refractivity contribution in [2.75, 3.05) is 26.9 Å². The lowest BCUT2D eigenvalue weighted by Gasteiger charge is -2.22. The molecule has 0 amide bonds. The van der Waals surface area contributed by atoms with Crippen molar-refractivity contribution in [3.63, 3.8) is 0 Å². The summed E-state index contributed by atoms with van der Waals surface area (Å²) in [6, 6.07) is 33.3. The lowest BCUT2D eigenvalue weighted by Crippen LogP contribution is -2.27. The fourth-order valence-corrected chi connectivity index (χ4v) is 5.14. The molecule has 0 spiro atoms. The van der Waals surface area contributed by atoms with Crippen molar-refractivity contribution in [3.05, 3.63) is 136 Å². The number of esters is 1. The number of hydrogen-bond donors (Lipinski definition) is 0. The van der Waals surface area contributed by atoms with Gasteiger partial charge in [0.2, 0.25) is 0 Å². The first-order valence-electron chi connectivity index (χ1n) is 14.1. The van der Waals surface area contributed by atoms with Gasteiger partial charge in [0.05, 0.1) is 13.2 Å². The number of hydrogen-bond acceptors (Lipinski definition) is 5. The average molecular weight is 549 g/mol. The Morgan fingerprint density at radius 1 is 0.756 bits per heavy atom. The molecule has 0 saturated heterocycles. The predicted molar refractivity (Wildman–Crippen MR) is 162 cm³/mol. The molecule has 0 saturated carbocycles. The highest BCUT2D eigenvalue weighted by atomic mass is 16.6. The van der Waals surface area contributed by atoms with Gasteiger partial charge in [-0.05, 0) is 64.4 Å². The van der Waals surface area contributed by atoms with E-state index >= 15 is 0 Å². The van der Waals surface area contributed by atoms with Crippen LogP contribution in [-0.4, -0.2) is 39.0 Å². The molecule has 1 aliphatic rings. The van der Waals surface area contributed by atoms with E-state index < -0.39 is 6.10 Å². The van der Waals surface area contributed by atoms with Crippen LogP contribution in [-0.2, 0) is 31.8 Å². The number of rotatable bonds is 12. The molecule has 5 nitrogen and oxygen atoms in total. The minimum absolute atomic E-state index is 0.193. The van der Waals surface area contributed by atoms with Crippen LogP contribution in [0.3, 0.4) is 0 Å². The number of benzene rings is 4. The first kappa shape index (κ1) is 28.3. The van der Waals surface area contributed by atoms with Gasteiger partial charge in [0.25, 0.3) is 0 Å². The van der Waals surface area contributed by atoms with Crippen molar-refractivity contribution in [2.45, 2.75) is 32.0 Å². The zero-order valence-electron chi connectivity index (χ0n) is 23.6. The van der Waals surface area contributed by atoms with Crippen molar-refractivity contribution < 1.29 is 23.7 Å². The van der Waals surface area contributed by atoms with E-state index in [0.29, 0.717) is 26.2 Å². The van der Waals surface area contributed by atoms with E-state index in [1.807, 2.05) is 30.3 Å². The third kappa shape index (κ3) is 7.31. The van der Waals surface area contributed by atoms with Crippen LogP contribution in [0.5, 0.6) is 5.75 Å². The number of methoxy groups -OCH3 is 1. The van der Waals surface area contributed by atoms with Crippen LogP contribution in [0.4, 0.5) is 0 Å². The average Bonchev–Trinajstić information content (AvgIpc) is 3.16. The van der Waals surface area contributed by atoms with Gasteiger partial charge in [-0.3, -0.25) is 0 Å². The van der Waals surface area contributed by atoms with Gasteiger partial charge in [-0.25, -0.2) is 4.79 Å². The Balaban J connectivity index is 1.23. The van der Waals surface area contributed by atoms with Gasteiger partial charge in [0.1, 0.15) is 18.5 Å². The van der Waals surface area contributed by atoms with E-state index in [-0.39, 0.29) is 12.1 Å². The molecule has 0 aromatic heterocycles. The fraction of sp³-hybridized carbons (Fsp3) is 0.250. The second kappa shape index (κ2) is 13.9. The summed E-state index contributed by atoms with van der Waals surface area (Å²) in [6.45, 7) is 2.96. The van der Waals surface area contributed by atoms with E-state index in [4.69, 9.17) is 18.9 Å². The zero-order valence-corrected chi connectivity index (χ0v) is 23.6. The van der Waals surface area contributed by atoms with Gasteiger partial charge in [-0.15, -0.1) is 0 Å². The van der Waals surface area contributed by atoms with Crippen molar-refractivity contribution in [1.82, 2.24) is 0 Å². The van der Waals surface area contributed by atoms with Crippen LogP contribution in [0.1, 0.15) is 52.0 Å². The maximum Gasteiger partial charge on any atom is 0.335 e. The van der Waals surface area contributed by atoms with E-state index in [9.17, 15) is 4.79 Å². The fourth-order valence-electron chi connectivity index (χ4n) is 5.14. The first-order chi connectivity index (χ1) is 20.1. The van der Waals surface area contributed by atoms with E-state index in [1.54, 1.807) is 6.92 Å². The van der Waals surface area contributed by atoms with Crippen LogP contribution in [0.25, 0.3) is 12.2 Å². The minimum Gasteiger partial charge on any atom is -0.491 e. The number of fused-ring (bicyclic) bond motifs is 2. The highest BCUT2D eigenvalue weighted by Crippen LogP contribution is 2.36. The highest BCUT2D eigenvalue weighted by Gasteiger charge is 2.23. The van der Waals surface area contributed by atoms with Crippen molar-refractivity contribution in [2.24, 2.45) is 0 Å². The third-order valence-corrected chi connectivity index (χ3v) is 7.22. The Bertz CT molecular complexity index is 1460. The third-order valence-electron chi connectivity index (χ3n) is 7.22. The van der Waals surface area contributed by atoms with E-state index in [2.05, 4.69) is 78.9 Å². The Morgan fingerprint density at radius 2 is 1.46 bits per heavy atom. The van der Waals surface area contributed by atoms with Crippen molar-refractivity contribution >= 4 is 18.1 Å². The number of carbonyl (C=O) groups excluding carboxylic acids is 1. The SMILES string of the molecule is CCOC(=O)C(Cc1ccc(OCCOC2c3ccccc3C=Cc3cc(Cc4ccccc4)ccc32)cc1)OC. The monoisotopic (exact) mass is 548 g/mol. The molecule has 41 heavy (non-hydrogen) atoms. The number of carbonyl (C=O) groups is 1. The Kier molecular flexibility index (Phi) is 9.63. The van der Waals surface area contributed by atoms with Gasteiger partial charge in [0, 0.05) is 13.5 Å². The van der Waals surface area contributed by atoms with Crippen LogP contribution in [0, 0.1) is 0 Å². The quantitative estimate of drug-likeness (QED) is 0.140. The molecular formula is C36H36O5. The summed E-state index contributed by atoms with van der Waals surface area (Å²) in [4.78, 5) is 12.0. The lowest BCUT2D eigenvalue weighted by molar-refractivity contribution is -0.154. The maximum atomic E-state index is 12.0. The first-order valence-corrected chi connectivity index (χ1v) is 14.1. The van der Waals surface area contributed by atoms with Crippen LogP contribution in [0.2, 0.25) is 0 Å². The molecule has 5 heteroatoms. The second-order valence-electron chi connectivity index (χ2n) is 10.0. The topological polar surface area (TPSA) is 54.0 Å². The van der Waals surface area contributed by atoms with E-state index in [1.165, 1.54) is 23.8 Å². The summed E-state index contributed by atoms with van der Waals surface area (Å²) in [5.74, 6) is 0.396. The molecule has 0 N–H and O–H groups in total. The van der Waals surface area contributed by atoms with Gasteiger partial charge in [-0.2, -0.15) is 0 Å². The summed E-state index contributed by atoms with van der Waals surface area (Å²) in [6.07, 6.45) is 4.90. The molecule has 2 atom stereocenters. The molecule has 4 aromatic rings. The molecule has 5 rings (SSSR count). The van der Waals surface area contributed by atoms with Gasteiger partial charge in [-0.1, -0.05) is 97.1 Å². The molecule has 0 aliphatic heterocycles. The van der Waals surface area contributed by atoms with Crippen molar-refractivity contribution in [1.29, 1.82) is 0 Å². The highest BCUT2D eigenvalue weighted by molar-refractivity contribution is 5.76. The van der Waals surface area contributed by atoms with Crippen LogP contribution in [0.15, 0.2) is 97.1 Å². The van der Waals surface area contributed by atoms with E-state index in [0.717, 1.165) is 34.4 Å². The maximum absolute atomic E-state index is 12.0. The molecular weight excluding hydrogens is 512 g/mol. The molecule has 0 bridgehead atoms. The smallest absolute Gasteiger partial charge is 0.335 e. The van der Waals surface area contributed by atoms with Crippen LogP contribution < -0.4 is 4.74 Å². The number of ether oxygens (including phenoxy) is 4.